The van der Waals surface area contributed by atoms with E-state index >= 15 is 0 Å². The Balaban J connectivity index is 2.00. The average molecular weight is 297 g/mol. The summed E-state index contributed by atoms with van der Waals surface area (Å²) in [6, 6.07) is 2.19. The zero-order valence-electron chi connectivity index (χ0n) is 11.3. The molecule has 7 nitrogen and oxygen atoms in total. The first kappa shape index (κ1) is 15.2. The third-order valence-electron chi connectivity index (χ3n) is 3.19. The second-order valence-electron chi connectivity index (χ2n) is 4.92. The van der Waals surface area contributed by atoms with E-state index in [0.717, 1.165) is 25.1 Å². The van der Waals surface area contributed by atoms with Crippen LogP contribution >= 0.6 is 0 Å². The maximum atomic E-state index is 13.6. The van der Waals surface area contributed by atoms with Crippen molar-refractivity contribution in [1.29, 1.82) is 0 Å². The zero-order chi connectivity index (χ0) is 15.4. The first-order valence-electron chi connectivity index (χ1n) is 6.67. The fourth-order valence-corrected chi connectivity index (χ4v) is 1.92. The number of rotatable bonds is 8. The molecule has 0 aliphatic heterocycles. The van der Waals surface area contributed by atoms with Crippen molar-refractivity contribution in [3.05, 3.63) is 33.6 Å². The Labute approximate surface area is 120 Å². The summed E-state index contributed by atoms with van der Waals surface area (Å²) in [5.74, 6) is -2.53. The van der Waals surface area contributed by atoms with Crippen LogP contribution in [0.4, 0.5) is 15.8 Å². The van der Waals surface area contributed by atoms with Gasteiger partial charge < -0.3 is 15.7 Å². The summed E-state index contributed by atoms with van der Waals surface area (Å²) in [5, 5.41) is 25.8. The SMILES string of the molecule is O=C(O)c1cc([N+](=O)[O-])c(NCCCNC2CC2)cc1F. The Morgan fingerprint density at radius 3 is 2.71 bits per heavy atom. The molecule has 0 aromatic heterocycles. The molecule has 3 N–H and O–H groups in total. The zero-order valence-corrected chi connectivity index (χ0v) is 11.3. The molecule has 2 rings (SSSR count). The van der Waals surface area contributed by atoms with E-state index in [1.54, 1.807) is 0 Å². The lowest BCUT2D eigenvalue weighted by molar-refractivity contribution is -0.384. The van der Waals surface area contributed by atoms with E-state index in [-0.39, 0.29) is 5.69 Å². The maximum absolute atomic E-state index is 13.6. The lowest BCUT2D eigenvalue weighted by Gasteiger charge is -2.09. The molecule has 1 saturated carbocycles. The van der Waals surface area contributed by atoms with Crippen LogP contribution in [0, 0.1) is 15.9 Å². The summed E-state index contributed by atoms with van der Waals surface area (Å²) in [4.78, 5) is 21.0. The maximum Gasteiger partial charge on any atom is 0.338 e. The van der Waals surface area contributed by atoms with Gasteiger partial charge in [0.2, 0.25) is 0 Å². The second-order valence-corrected chi connectivity index (χ2v) is 4.92. The number of hydrogen-bond donors (Lipinski definition) is 3. The fourth-order valence-electron chi connectivity index (χ4n) is 1.92. The van der Waals surface area contributed by atoms with E-state index in [4.69, 9.17) is 5.11 Å². The number of carboxylic acid groups (broad SMARTS) is 1. The highest BCUT2D eigenvalue weighted by Gasteiger charge is 2.22. The molecule has 1 fully saturated rings. The largest absolute Gasteiger partial charge is 0.478 e. The molecular weight excluding hydrogens is 281 g/mol. The van der Waals surface area contributed by atoms with Crippen molar-refractivity contribution in [3.8, 4) is 0 Å². The normalized spacial score (nSPS) is 14.0. The fraction of sp³-hybridized carbons (Fsp3) is 0.462. The Bertz CT molecular complexity index is 561. The van der Waals surface area contributed by atoms with Crippen molar-refractivity contribution in [2.24, 2.45) is 0 Å². The van der Waals surface area contributed by atoms with E-state index in [1.807, 2.05) is 0 Å². The number of anilines is 1. The van der Waals surface area contributed by atoms with E-state index in [2.05, 4.69) is 10.6 Å². The Morgan fingerprint density at radius 2 is 2.14 bits per heavy atom. The molecule has 0 amide bonds. The van der Waals surface area contributed by atoms with Crippen LogP contribution in [0.2, 0.25) is 0 Å². The summed E-state index contributed by atoms with van der Waals surface area (Å²) in [7, 11) is 0. The third-order valence-corrected chi connectivity index (χ3v) is 3.19. The minimum atomic E-state index is -1.53. The van der Waals surface area contributed by atoms with Crippen molar-refractivity contribution >= 4 is 17.3 Å². The van der Waals surface area contributed by atoms with Crippen LogP contribution < -0.4 is 10.6 Å². The van der Waals surface area contributed by atoms with Gasteiger partial charge in [-0.1, -0.05) is 0 Å². The summed E-state index contributed by atoms with van der Waals surface area (Å²) in [6.07, 6.45) is 3.09. The molecule has 1 aromatic rings. The van der Waals surface area contributed by atoms with E-state index in [0.29, 0.717) is 12.6 Å². The van der Waals surface area contributed by atoms with Crippen molar-refractivity contribution in [1.82, 2.24) is 5.32 Å². The van der Waals surface area contributed by atoms with Gasteiger partial charge in [0.1, 0.15) is 17.1 Å². The van der Waals surface area contributed by atoms with E-state index in [9.17, 15) is 19.3 Å². The minimum absolute atomic E-state index is 0.00563. The van der Waals surface area contributed by atoms with Crippen LogP contribution in [-0.2, 0) is 0 Å². The highest BCUT2D eigenvalue weighted by molar-refractivity contribution is 5.90. The van der Waals surface area contributed by atoms with E-state index < -0.39 is 28.0 Å². The number of carboxylic acids is 1. The predicted molar refractivity (Wildman–Crippen MR) is 74.1 cm³/mol. The first-order chi connectivity index (χ1) is 9.99. The molecule has 1 aromatic carbocycles. The van der Waals surface area contributed by atoms with Gasteiger partial charge in [-0.3, -0.25) is 10.1 Å². The number of hydrogen-bond acceptors (Lipinski definition) is 5. The molecule has 0 bridgehead atoms. The molecule has 21 heavy (non-hydrogen) atoms. The lowest BCUT2D eigenvalue weighted by atomic mass is 10.1. The molecular formula is C13H16FN3O4. The van der Waals surface area contributed by atoms with Gasteiger partial charge in [-0.15, -0.1) is 0 Å². The van der Waals surface area contributed by atoms with Crippen molar-refractivity contribution in [2.75, 3.05) is 18.4 Å². The molecule has 1 aliphatic carbocycles. The van der Waals surface area contributed by atoms with E-state index in [1.165, 1.54) is 12.8 Å². The molecule has 0 spiro atoms. The Morgan fingerprint density at radius 1 is 1.43 bits per heavy atom. The Hall–Kier alpha value is -2.22. The number of carbonyl (C=O) groups is 1. The van der Waals surface area contributed by atoms with Crippen LogP contribution in [0.3, 0.4) is 0 Å². The monoisotopic (exact) mass is 297 g/mol. The van der Waals surface area contributed by atoms with Gasteiger partial charge in [-0.25, -0.2) is 9.18 Å². The second kappa shape index (κ2) is 6.49. The smallest absolute Gasteiger partial charge is 0.338 e. The quantitative estimate of drug-likeness (QED) is 0.385. The minimum Gasteiger partial charge on any atom is -0.478 e. The molecule has 0 radical (unpaired) electrons. The van der Waals surface area contributed by atoms with Gasteiger partial charge in [0, 0.05) is 24.7 Å². The number of nitro benzene ring substituents is 1. The molecule has 0 unspecified atom stereocenters. The van der Waals surface area contributed by atoms with Crippen LogP contribution in [-0.4, -0.2) is 35.1 Å². The van der Waals surface area contributed by atoms with Crippen LogP contribution in [0.25, 0.3) is 0 Å². The van der Waals surface area contributed by atoms with Crippen molar-refractivity contribution in [2.45, 2.75) is 25.3 Å². The molecule has 0 atom stereocenters. The number of nitrogens with zero attached hydrogens (tertiary/aromatic N) is 1. The number of benzene rings is 1. The van der Waals surface area contributed by atoms with Gasteiger partial charge in [-0.2, -0.15) is 0 Å². The summed E-state index contributed by atoms with van der Waals surface area (Å²) < 4.78 is 13.6. The highest BCUT2D eigenvalue weighted by atomic mass is 19.1. The summed E-state index contributed by atoms with van der Waals surface area (Å²) in [5.41, 5.74) is -1.15. The molecule has 114 valence electrons. The van der Waals surface area contributed by atoms with Crippen molar-refractivity contribution < 1.29 is 19.2 Å². The van der Waals surface area contributed by atoms with Crippen LogP contribution in [0.1, 0.15) is 29.6 Å². The van der Waals surface area contributed by atoms with Crippen LogP contribution in [0.15, 0.2) is 12.1 Å². The molecule has 0 saturated heterocycles. The average Bonchev–Trinajstić information content (AvgIpc) is 3.21. The summed E-state index contributed by atoms with van der Waals surface area (Å²) in [6.45, 7) is 1.22. The number of halogens is 1. The Kier molecular flexibility index (Phi) is 4.69. The lowest BCUT2D eigenvalue weighted by Crippen LogP contribution is -2.20. The van der Waals surface area contributed by atoms with Crippen LogP contribution in [0.5, 0.6) is 0 Å². The van der Waals surface area contributed by atoms with Gasteiger partial charge in [-0.05, 0) is 25.8 Å². The van der Waals surface area contributed by atoms with Gasteiger partial charge in [0.15, 0.2) is 0 Å². The molecule has 1 aliphatic rings. The van der Waals surface area contributed by atoms with Gasteiger partial charge in [0.05, 0.1) is 4.92 Å². The van der Waals surface area contributed by atoms with Gasteiger partial charge in [0.25, 0.3) is 5.69 Å². The summed E-state index contributed by atoms with van der Waals surface area (Å²) >= 11 is 0. The number of aromatic carboxylic acids is 1. The predicted octanol–water partition coefficient (Wildman–Crippen LogP) is 1.99. The highest BCUT2D eigenvalue weighted by Crippen LogP contribution is 2.28. The molecule has 8 heteroatoms. The number of nitrogens with one attached hydrogen (secondary N) is 2. The third kappa shape index (κ3) is 4.12. The van der Waals surface area contributed by atoms with Crippen molar-refractivity contribution in [3.63, 3.8) is 0 Å². The standard InChI is InChI=1S/C13H16FN3O4/c14-10-7-11(16-5-1-4-15-8-2-3-8)12(17(20)21)6-9(10)13(18)19/h6-8,15-16H,1-5H2,(H,18,19). The first-order valence-corrected chi connectivity index (χ1v) is 6.67. The van der Waals surface area contributed by atoms with Gasteiger partial charge >= 0.3 is 5.97 Å². The molecule has 0 heterocycles. The number of nitro groups is 1. The topological polar surface area (TPSA) is 104 Å².